The predicted molar refractivity (Wildman–Crippen MR) is 67.6 cm³/mol. The van der Waals surface area contributed by atoms with Crippen LogP contribution in [0.4, 0.5) is 17.5 Å². The molecule has 0 saturated heterocycles. The Morgan fingerprint density at radius 3 is 2.67 bits per heavy atom. The van der Waals surface area contributed by atoms with Crippen molar-refractivity contribution >= 4 is 17.5 Å². The number of nitrogens with one attached hydrogen (secondary N) is 2. The maximum absolute atomic E-state index is 10.9. The van der Waals surface area contributed by atoms with Gasteiger partial charge in [0.05, 0.1) is 17.6 Å². The molecule has 0 amide bonds. The lowest BCUT2D eigenvalue weighted by Crippen LogP contribution is -2.30. The third-order valence-corrected chi connectivity index (χ3v) is 2.51. The maximum atomic E-state index is 10.9. The highest BCUT2D eigenvalue weighted by atomic mass is 16.6. The molecule has 0 aliphatic carbocycles. The average Bonchev–Trinajstić information content (AvgIpc) is 2.34. The summed E-state index contributed by atoms with van der Waals surface area (Å²) in [6.07, 6.45) is 1.13. The van der Waals surface area contributed by atoms with Crippen molar-refractivity contribution < 1.29 is 10.0 Å². The molecule has 0 radical (unpaired) electrons. The van der Waals surface area contributed by atoms with Crippen LogP contribution in [0.15, 0.2) is 6.20 Å². The summed E-state index contributed by atoms with van der Waals surface area (Å²) in [6, 6.07) is -0.302. The van der Waals surface area contributed by atoms with Crippen molar-refractivity contribution in [2.24, 2.45) is 5.92 Å². The van der Waals surface area contributed by atoms with Gasteiger partial charge in [-0.2, -0.15) is 4.98 Å². The quantitative estimate of drug-likeness (QED) is 0.510. The van der Waals surface area contributed by atoms with E-state index in [-0.39, 0.29) is 36.0 Å². The molecule has 0 saturated carbocycles. The zero-order chi connectivity index (χ0) is 13.7. The lowest BCUT2D eigenvalue weighted by molar-refractivity contribution is -0.384. The van der Waals surface area contributed by atoms with E-state index in [2.05, 4.69) is 20.6 Å². The minimum atomic E-state index is -0.559. The summed E-state index contributed by atoms with van der Waals surface area (Å²) in [5.74, 6) is 0.498. The van der Waals surface area contributed by atoms with Crippen molar-refractivity contribution in [1.29, 1.82) is 0 Å². The van der Waals surface area contributed by atoms with Crippen molar-refractivity contribution in [3.8, 4) is 0 Å². The molecule has 0 bridgehead atoms. The second kappa shape index (κ2) is 6.10. The molecule has 1 aromatic heterocycles. The molecule has 0 spiro atoms. The Bertz CT molecular complexity index is 424. The van der Waals surface area contributed by atoms with E-state index in [1.807, 2.05) is 13.8 Å². The van der Waals surface area contributed by atoms with E-state index in [0.717, 1.165) is 6.20 Å². The molecule has 0 aromatic carbocycles. The average molecular weight is 255 g/mol. The zero-order valence-electron chi connectivity index (χ0n) is 10.5. The fourth-order valence-corrected chi connectivity index (χ4v) is 1.33. The number of aromatic nitrogens is 2. The van der Waals surface area contributed by atoms with E-state index in [0.29, 0.717) is 0 Å². The molecule has 1 heterocycles. The highest BCUT2D eigenvalue weighted by Gasteiger charge is 2.21. The number of nitro groups is 1. The van der Waals surface area contributed by atoms with E-state index in [1.165, 1.54) is 0 Å². The third-order valence-electron chi connectivity index (χ3n) is 2.51. The molecular formula is C10H17N5O3. The first-order valence-corrected chi connectivity index (χ1v) is 5.56. The summed E-state index contributed by atoms with van der Waals surface area (Å²) in [6.45, 7) is 3.67. The summed E-state index contributed by atoms with van der Waals surface area (Å²) < 4.78 is 0. The van der Waals surface area contributed by atoms with Gasteiger partial charge in [0.15, 0.2) is 0 Å². The van der Waals surface area contributed by atoms with Crippen LogP contribution in [0.1, 0.15) is 13.8 Å². The summed E-state index contributed by atoms with van der Waals surface area (Å²) >= 11 is 0. The first kappa shape index (κ1) is 14.1. The fourth-order valence-electron chi connectivity index (χ4n) is 1.33. The van der Waals surface area contributed by atoms with Crippen LogP contribution in [0.2, 0.25) is 0 Å². The van der Waals surface area contributed by atoms with Crippen molar-refractivity contribution in [3.05, 3.63) is 16.3 Å². The Balaban J connectivity index is 3.07. The molecule has 100 valence electrons. The van der Waals surface area contributed by atoms with E-state index in [4.69, 9.17) is 0 Å². The number of anilines is 2. The van der Waals surface area contributed by atoms with Gasteiger partial charge in [0, 0.05) is 7.05 Å². The molecular weight excluding hydrogens is 238 g/mol. The van der Waals surface area contributed by atoms with Gasteiger partial charge >= 0.3 is 5.69 Å². The Labute approximate surface area is 105 Å². The molecule has 0 aliphatic rings. The second-order valence-electron chi connectivity index (χ2n) is 4.11. The Kier molecular flexibility index (Phi) is 4.78. The topological polar surface area (TPSA) is 113 Å². The number of hydrogen-bond donors (Lipinski definition) is 3. The minimum Gasteiger partial charge on any atom is -0.394 e. The standard InChI is InChI=1S/C10H17N5O3/c1-6(2)7(5-16)13-9-8(15(17)18)4-12-10(11-3)14-9/h4,6-7,16H,5H2,1-3H3,(H2,11,12,13,14). The van der Waals surface area contributed by atoms with Gasteiger partial charge in [-0.1, -0.05) is 13.8 Å². The van der Waals surface area contributed by atoms with Crippen LogP contribution < -0.4 is 10.6 Å². The Hall–Kier alpha value is -1.96. The summed E-state index contributed by atoms with van der Waals surface area (Å²) in [7, 11) is 1.62. The highest BCUT2D eigenvalue weighted by molar-refractivity contribution is 5.57. The van der Waals surface area contributed by atoms with Crippen molar-refractivity contribution in [2.75, 3.05) is 24.3 Å². The molecule has 18 heavy (non-hydrogen) atoms. The molecule has 3 N–H and O–H groups in total. The lowest BCUT2D eigenvalue weighted by atomic mass is 10.1. The van der Waals surface area contributed by atoms with Crippen LogP contribution in [0.5, 0.6) is 0 Å². The van der Waals surface area contributed by atoms with Crippen LogP contribution >= 0.6 is 0 Å². The van der Waals surface area contributed by atoms with E-state index >= 15 is 0 Å². The largest absolute Gasteiger partial charge is 0.394 e. The van der Waals surface area contributed by atoms with Gasteiger partial charge in [-0.05, 0) is 5.92 Å². The van der Waals surface area contributed by atoms with Gasteiger partial charge < -0.3 is 15.7 Å². The van der Waals surface area contributed by atoms with E-state index in [1.54, 1.807) is 7.05 Å². The molecule has 8 heteroatoms. The van der Waals surface area contributed by atoms with Crippen LogP contribution in [-0.2, 0) is 0 Å². The first-order valence-electron chi connectivity index (χ1n) is 5.56. The number of hydrogen-bond acceptors (Lipinski definition) is 7. The normalized spacial score (nSPS) is 12.3. The zero-order valence-corrected chi connectivity index (χ0v) is 10.5. The van der Waals surface area contributed by atoms with E-state index in [9.17, 15) is 15.2 Å². The van der Waals surface area contributed by atoms with Crippen LogP contribution in [-0.4, -0.2) is 39.7 Å². The third kappa shape index (κ3) is 3.27. The monoisotopic (exact) mass is 255 g/mol. The van der Waals surface area contributed by atoms with Crippen molar-refractivity contribution in [3.63, 3.8) is 0 Å². The van der Waals surface area contributed by atoms with E-state index < -0.39 is 4.92 Å². The molecule has 1 rings (SSSR count). The number of nitrogens with zero attached hydrogens (tertiary/aromatic N) is 3. The van der Waals surface area contributed by atoms with Gasteiger partial charge in [-0.3, -0.25) is 10.1 Å². The van der Waals surface area contributed by atoms with Gasteiger partial charge in [0.1, 0.15) is 6.20 Å². The van der Waals surface area contributed by atoms with Gasteiger partial charge in [0.2, 0.25) is 11.8 Å². The molecule has 0 aliphatic heterocycles. The summed E-state index contributed by atoms with van der Waals surface area (Å²) in [5.41, 5.74) is -0.215. The van der Waals surface area contributed by atoms with Gasteiger partial charge in [-0.15, -0.1) is 0 Å². The van der Waals surface area contributed by atoms with Crippen LogP contribution in [0.3, 0.4) is 0 Å². The van der Waals surface area contributed by atoms with Crippen LogP contribution in [0, 0.1) is 16.0 Å². The van der Waals surface area contributed by atoms with Crippen LogP contribution in [0.25, 0.3) is 0 Å². The highest BCUT2D eigenvalue weighted by Crippen LogP contribution is 2.23. The molecule has 1 unspecified atom stereocenters. The number of aliphatic hydroxyl groups excluding tert-OH is 1. The summed E-state index contributed by atoms with van der Waals surface area (Å²) in [4.78, 5) is 18.1. The lowest BCUT2D eigenvalue weighted by Gasteiger charge is -2.20. The maximum Gasteiger partial charge on any atom is 0.329 e. The molecule has 8 nitrogen and oxygen atoms in total. The fraction of sp³-hybridized carbons (Fsp3) is 0.600. The first-order chi connectivity index (χ1) is 8.49. The molecule has 0 fully saturated rings. The Morgan fingerprint density at radius 1 is 1.56 bits per heavy atom. The SMILES string of the molecule is CNc1ncc([N+](=O)[O-])c(NC(CO)C(C)C)n1. The molecule has 1 atom stereocenters. The van der Waals surface area contributed by atoms with Gasteiger partial charge in [-0.25, -0.2) is 4.98 Å². The summed E-state index contributed by atoms with van der Waals surface area (Å²) in [5, 5.41) is 25.7. The Morgan fingerprint density at radius 2 is 2.22 bits per heavy atom. The van der Waals surface area contributed by atoms with Crippen molar-refractivity contribution in [2.45, 2.75) is 19.9 Å². The minimum absolute atomic E-state index is 0.104. The molecule has 1 aromatic rings. The predicted octanol–water partition coefficient (Wildman–Crippen LogP) is 0.855. The van der Waals surface area contributed by atoms with Gasteiger partial charge in [0.25, 0.3) is 0 Å². The number of rotatable bonds is 6. The second-order valence-corrected chi connectivity index (χ2v) is 4.11. The number of aliphatic hydroxyl groups is 1. The van der Waals surface area contributed by atoms with Crippen molar-refractivity contribution in [1.82, 2.24) is 9.97 Å². The smallest absolute Gasteiger partial charge is 0.329 e.